The van der Waals surface area contributed by atoms with Gasteiger partial charge >= 0.3 is 0 Å². The fourth-order valence-corrected chi connectivity index (χ4v) is 3.37. The Morgan fingerprint density at radius 2 is 1.58 bits per heavy atom. The summed E-state index contributed by atoms with van der Waals surface area (Å²) in [5, 5.41) is 0. The molecular weight excluding hydrogens is 236 g/mol. The first-order chi connectivity index (χ1) is 9.31. The molecule has 2 aliphatic rings. The molecular formula is C16H24N2O. The second kappa shape index (κ2) is 5.83. The number of nitrogens with zero attached hydrogens (tertiary/aromatic N) is 1. The van der Waals surface area contributed by atoms with Crippen LogP contribution < -0.4 is 10.5 Å². The van der Waals surface area contributed by atoms with Crippen molar-refractivity contribution in [3.63, 3.8) is 0 Å². The van der Waals surface area contributed by atoms with Gasteiger partial charge in [0.15, 0.2) is 0 Å². The largest absolute Gasteiger partial charge is 0.490 e. The second-order valence-corrected chi connectivity index (χ2v) is 5.86. The number of anilines is 1. The van der Waals surface area contributed by atoms with Crippen LogP contribution in [0.25, 0.3) is 0 Å². The van der Waals surface area contributed by atoms with E-state index in [4.69, 9.17) is 10.5 Å². The van der Waals surface area contributed by atoms with Crippen molar-refractivity contribution in [3.8, 4) is 5.75 Å². The van der Waals surface area contributed by atoms with Crippen LogP contribution in [0.15, 0.2) is 24.3 Å². The van der Waals surface area contributed by atoms with Gasteiger partial charge in [-0.3, -0.25) is 0 Å². The van der Waals surface area contributed by atoms with E-state index in [-0.39, 0.29) is 0 Å². The SMILES string of the molecule is Nc1ccc(OC2CCN(C3CCCC3)CC2)cc1. The molecule has 3 heteroatoms. The first kappa shape index (κ1) is 12.8. The number of likely N-dealkylation sites (tertiary alicyclic amines) is 1. The molecule has 1 saturated carbocycles. The summed E-state index contributed by atoms with van der Waals surface area (Å²) < 4.78 is 6.04. The van der Waals surface area contributed by atoms with Crippen molar-refractivity contribution in [1.29, 1.82) is 0 Å². The summed E-state index contributed by atoms with van der Waals surface area (Å²) in [5.74, 6) is 0.952. The van der Waals surface area contributed by atoms with E-state index in [1.165, 1.54) is 38.8 Å². The van der Waals surface area contributed by atoms with E-state index in [1.807, 2.05) is 24.3 Å². The molecule has 0 atom stereocenters. The maximum absolute atomic E-state index is 6.04. The molecule has 2 fully saturated rings. The highest BCUT2D eigenvalue weighted by Gasteiger charge is 2.27. The Morgan fingerprint density at radius 3 is 2.21 bits per heavy atom. The predicted octanol–water partition coefficient (Wildman–Crippen LogP) is 3.05. The van der Waals surface area contributed by atoms with Gasteiger partial charge in [-0.05, 0) is 49.9 Å². The Kier molecular flexibility index (Phi) is 3.92. The van der Waals surface area contributed by atoms with E-state index in [0.29, 0.717) is 6.10 Å². The molecule has 1 heterocycles. The molecule has 3 rings (SSSR count). The molecule has 1 aliphatic carbocycles. The van der Waals surface area contributed by atoms with E-state index in [0.717, 1.165) is 30.3 Å². The van der Waals surface area contributed by atoms with E-state index < -0.39 is 0 Å². The zero-order chi connectivity index (χ0) is 13.1. The van der Waals surface area contributed by atoms with Gasteiger partial charge in [0, 0.05) is 24.8 Å². The Balaban J connectivity index is 1.48. The highest BCUT2D eigenvalue weighted by Crippen LogP contribution is 2.27. The van der Waals surface area contributed by atoms with Gasteiger partial charge in [0.2, 0.25) is 0 Å². The molecule has 19 heavy (non-hydrogen) atoms. The number of hydrogen-bond donors (Lipinski definition) is 1. The zero-order valence-corrected chi connectivity index (χ0v) is 11.6. The minimum absolute atomic E-state index is 0.376. The van der Waals surface area contributed by atoms with Crippen molar-refractivity contribution in [1.82, 2.24) is 4.90 Å². The van der Waals surface area contributed by atoms with Gasteiger partial charge in [0.05, 0.1) is 0 Å². The van der Waals surface area contributed by atoms with Crippen LogP contribution in [0.3, 0.4) is 0 Å². The number of rotatable bonds is 3. The first-order valence-corrected chi connectivity index (χ1v) is 7.57. The third-order valence-corrected chi connectivity index (χ3v) is 4.50. The first-order valence-electron chi connectivity index (χ1n) is 7.57. The van der Waals surface area contributed by atoms with Crippen LogP contribution in [0.1, 0.15) is 38.5 Å². The fraction of sp³-hybridized carbons (Fsp3) is 0.625. The van der Waals surface area contributed by atoms with E-state index >= 15 is 0 Å². The Labute approximate surface area is 115 Å². The van der Waals surface area contributed by atoms with Gasteiger partial charge < -0.3 is 15.4 Å². The van der Waals surface area contributed by atoms with Crippen molar-refractivity contribution >= 4 is 5.69 Å². The number of benzene rings is 1. The van der Waals surface area contributed by atoms with Gasteiger partial charge in [-0.2, -0.15) is 0 Å². The van der Waals surface area contributed by atoms with Crippen molar-refractivity contribution in [3.05, 3.63) is 24.3 Å². The molecule has 2 N–H and O–H groups in total. The molecule has 1 saturated heterocycles. The molecule has 1 aliphatic heterocycles. The average Bonchev–Trinajstić information content (AvgIpc) is 2.96. The molecule has 0 unspecified atom stereocenters. The number of ether oxygens (including phenoxy) is 1. The minimum atomic E-state index is 0.376. The molecule has 104 valence electrons. The van der Waals surface area contributed by atoms with Crippen LogP contribution in [0.2, 0.25) is 0 Å². The average molecular weight is 260 g/mol. The van der Waals surface area contributed by atoms with Crippen LogP contribution in [0.4, 0.5) is 5.69 Å². The maximum Gasteiger partial charge on any atom is 0.119 e. The molecule has 1 aromatic carbocycles. The van der Waals surface area contributed by atoms with E-state index in [9.17, 15) is 0 Å². The minimum Gasteiger partial charge on any atom is -0.490 e. The van der Waals surface area contributed by atoms with Gasteiger partial charge in [-0.1, -0.05) is 12.8 Å². The molecule has 3 nitrogen and oxygen atoms in total. The lowest BCUT2D eigenvalue weighted by Crippen LogP contribution is -2.43. The van der Waals surface area contributed by atoms with Crippen molar-refractivity contribution in [2.45, 2.75) is 50.7 Å². The lowest BCUT2D eigenvalue weighted by molar-refractivity contribution is 0.0768. The molecule has 0 radical (unpaired) electrons. The van der Waals surface area contributed by atoms with Gasteiger partial charge in [-0.25, -0.2) is 0 Å². The van der Waals surface area contributed by atoms with Gasteiger partial charge in [0.25, 0.3) is 0 Å². The second-order valence-electron chi connectivity index (χ2n) is 5.86. The van der Waals surface area contributed by atoms with Crippen molar-refractivity contribution in [2.24, 2.45) is 0 Å². The summed E-state index contributed by atoms with van der Waals surface area (Å²) in [6.45, 7) is 2.40. The van der Waals surface area contributed by atoms with Crippen LogP contribution in [0.5, 0.6) is 5.75 Å². The standard InChI is InChI=1S/C16H24N2O/c17-13-5-7-15(8-6-13)19-16-9-11-18(12-10-16)14-3-1-2-4-14/h5-8,14,16H,1-4,9-12,17H2. The number of nitrogen functional groups attached to an aromatic ring is 1. The molecule has 0 bridgehead atoms. The molecule has 0 aromatic heterocycles. The summed E-state index contributed by atoms with van der Waals surface area (Å²) in [5.41, 5.74) is 6.48. The summed E-state index contributed by atoms with van der Waals surface area (Å²) in [4.78, 5) is 2.68. The lowest BCUT2D eigenvalue weighted by atomic mass is 10.0. The predicted molar refractivity (Wildman–Crippen MR) is 78.3 cm³/mol. The third kappa shape index (κ3) is 3.21. The highest BCUT2D eigenvalue weighted by molar-refractivity contribution is 5.41. The lowest BCUT2D eigenvalue weighted by Gasteiger charge is -2.36. The van der Waals surface area contributed by atoms with Crippen LogP contribution >= 0.6 is 0 Å². The summed E-state index contributed by atoms with van der Waals surface area (Å²) in [6, 6.07) is 8.61. The number of nitrogens with two attached hydrogens (primary N) is 1. The van der Waals surface area contributed by atoms with Crippen molar-refractivity contribution < 1.29 is 4.74 Å². The van der Waals surface area contributed by atoms with Crippen LogP contribution in [0, 0.1) is 0 Å². The molecule has 0 spiro atoms. The smallest absolute Gasteiger partial charge is 0.119 e. The monoisotopic (exact) mass is 260 g/mol. The summed E-state index contributed by atoms with van der Waals surface area (Å²) in [7, 11) is 0. The summed E-state index contributed by atoms with van der Waals surface area (Å²) in [6.07, 6.45) is 8.34. The van der Waals surface area contributed by atoms with Gasteiger partial charge in [-0.15, -0.1) is 0 Å². The zero-order valence-electron chi connectivity index (χ0n) is 11.6. The Hall–Kier alpha value is -1.22. The quantitative estimate of drug-likeness (QED) is 0.849. The van der Waals surface area contributed by atoms with Crippen molar-refractivity contribution in [2.75, 3.05) is 18.8 Å². The van der Waals surface area contributed by atoms with Crippen LogP contribution in [-0.2, 0) is 0 Å². The molecule has 0 amide bonds. The topological polar surface area (TPSA) is 38.5 Å². The van der Waals surface area contributed by atoms with E-state index in [2.05, 4.69) is 4.90 Å². The summed E-state index contributed by atoms with van der Waals surface area (Å²) >= 11 is 0. The Morgan fingerprint density at radius 1 is 0.947 bits per heavy atom. The number of hydrogen-bond acceptors (Lipinski definition) is 3. The highest BCUT2D eigenvalue weighted by atomic mass is 16.5. The van der Waals surface area contributed by atoms with Crippen LogP contribution in [-0.4, -0.2) is 30.1 Å². The molecule has 1 aromatic rings. The van der Waals surface area contributed by atoms with Gasteiger partial charge in [0.1, 0.15) is 11.9 Å². The third-order valence-electron chi connectivity index (χ3n) is 4.50. The van der Waals surface area contributed by atoms with E-state index in [1.54, 1.807) is 0 Å². The maximum atomic E-state index is 6.04. The normalized spacial score (nSPS) is 22.7. The fourth-order valence-electron chi connectivity index (χ4n) is 3.37. The number of piperidine rings is 1. The Bertz CT molecular complexity index is 390.